The summed E-state index contributed by atoms with van der Waals surface area (Å²) in [7, 11) is 1.63. The van der Waals surface area contributed by atoms with Gasteiger partial charge in [0.15, 0.2) is 0 Å². The van der Waals surface area contributed by atoms with Crippen molar-refractivity contribution in [1.29, 1.82) is 0 Å². The summed E-state index contributed by atoms with van der Waals surface area (Å²) in [6.45, 7) is 0. The molecular weight excluding hydrogens is 497 g/mol. The minimum Gasteiger partial charge on any atom is -0.481 e. The lowest BCUT2D eigenvalue weighted by atomic mass is 9.82. The van der Waals surface area contributed by atoms with E-state index < -0.39 is 18.1 Å². The predicted octanol–water partition coefficient (Wildman–Crippen LogP) is 6.18. The number of carboxylic acids is 1. The van der Waals surface area contributed by atoms with Crippen LogP contribution >= 0.6 is 0 Å². The zero-order valence-corrected chi connectivity index (χ0v) is 22.5. The Balaban J connectivity index is 1.53. The van der Waals surface area contributed by atoms with Crippen LogP contribution in [0.2, 0.25) is 0 Å². The third kappa shape index (κ3) is 6.16. The molecule has 3 aromatic rings. The standard InChI is InChI=1S/C31H38FN3O4/c1-39-29(22-10-6-3-7-11-22)30-34-25-19-23(32)14-17-26(25)35(30)28(21-8-4-2-5-9-21)31(38)33-24-15-12-20(13-16-24)18-27(36)37/h3,6-7,10-11,14,17,19-21,24,28-29H,2,4-5,8-9,12-13,15-16,18H2,1H3,(H,33,38)(H,36,37). The fourth-order valence-corrected chi connectivity index (χ4v) is 6.62. The van der Waals surface area contributed by atoms with Crippen molar-refractivity contribution in [2.24, 2.45) is 11.8 Å². The van der Waals surface area contributed by atoms with E-state index in [1.54, 1.807) is 13.2 Å². The van der Waals surface area contributed by atoms with E-state index in [9.17, 15) is 14.0 Å². The van der Waals surface area contributed by atoms with Crippen LogP contribution in [0.3, 0.4) is 0 Å². The average Bonchev–Trinajstić information content (AvgIpc) is 3.29. The van der Waals surface area contributed by atoms with Crippen molar-refractivity contribution in [2.75, 3.05) is 7.11 Å². The number of hydrogen-bond acceptors (Lipinski definition) is 4. The van der Waals surface area contributed by atoms with Crippen LogP contribution in [0.1, 0.15) is 87.7 Å². The van der Waals surface area contributed by atoms with Gasteiger partial charge in [-0.1, -0.05) is 49.6 Å². The molecule has 2 unspecified atom stereocenters. The first-order chi connectivity index (χ1) is 18.9. The van der Waals surface area contributed by atoms with Crippen LogP contribution in [0, 0.1) is 17.7 Å². The van der Waals surface area contributed by atoms with Crippen molar-refractivity contribution in [1.82, 2.24) is 14.9 Å². The summed E-state index contributed by atoms with van der Waals surface area (Å²) < 4.78 is 22.3. The number of benzene rings is 2. The van der Waals surface area contributed by atoms with E-state index in [0.29, 0.717) is 11.3 Å². The minimum absolute atomic E-state index is 0.0108. The van der Waals surface area contributed by atoms with Crippen LogP contribution in [-0.4, -0.2) is 39.7 Å². The normalized spacial score (nSPS) is 21.9. The van der Waals surface area contributed by atoms with Crippen molar-refractivity contribution in [2.45, 2.75) is 82.4 Å². The second kappa shape index (κ2) is 12.3. The summed E-state index contributed by atoms with van der Waals surface area (Å²) in [5.41, 5.74) is 2.14. The number of aromatic nitrogens is 2. The maximum Gasteiger partial charge on any atom is 0.303 e. The number of nitrogens with one attached hydrogen (secondary N) is 1. The van der Waals surface area contributed by atoms with Gasteiger partial charge in [-0.2, -0.15) is 0 Å². The number of nitrogens with zero attached hydrogens (tertiary/aromatic N) is 2. The fraction of sp³-hybridized carbons (Fsp3) is 0.516. The maximum absolute atomic E-state index is 14.3. The number of hydrogen-bond donors (Lipinski definition) is 2. The first-order valence-electron chi connectivity index (χ1n) is 14.2. The molecule has 2 aliphatic rings. The van der Waals surface area contributed by atoms with Crippen molar-refractivity contribution in [3.8, 4) is 0 Å². The highest BCUT2D eigenvalue weighted by Gasteiger charge is 2.37. The van der Waals surface area contributed by atoms with Gasteiger partial charge in [-0.3, -0.25) is 9.59 Å². The third-order valence-electron chi connectivity index (χ3n) is 8.55. The van der Waals surface area contributed by atoms with Crippen LogP contribution in [0.4, 0.5) is 4.39 Å². The van der Waals surface area contributed by atoms with Crippen molar-refractivity contribution < 1.29 is 23.8 Å². The van der Waals surface area contributed by atoms with Gasteiger partial charge < -0.3 is 19.7 Å². The highest BCUT2D eigenvalue weighted by atomic mass is 19.1. The van der Waals surface area contributed by atoms with E-state index in [4.69, 9.17) is 14.8 Å². The number of fused-ring (bicyclic) bond motifs is 1. The molecule has 2 aliphatic carbocycles. The Kier molecular flexibility index (Phi) is 8.60. The van der Waals surface area contributed by atoms with Gasteiger partial charge >= 0.3 is 5.97 Å². The Morgan fingerprint density at radius 2 is 1.77 bits per heavy atom. The number of imidazole rings is 1. The summed E-state index contributed by atoms with van der Waals surface area (Å²) in [5, 5.41) is 12.5. The summed E-state index contributed by atoms with van der Waals surface area (Å²) >= 11 is 0. The number of halogens is 1. The largest absolute Gasteiger partial charge is 0.481 e. The van der Waals surface area contributed by atoms with Gasteiger partial charge in [0, 0.05) is 25.6 Å². The van der Waals surface area contributed by atoms with Crippen molar-refractivity contribution >= 4 is 22.9 Å². The number of amides is 1. The molecule has 0 radical (unpaired) electrons. The van der Waals surface area contributed by atoms with Gasteiger partial charge in [-0.05, 0) is 68.1 Å². The molecule has 1 aromatic heterocycles. The number of rotatable bonds is 9. The number of carbonyl (C=O) groups excluding carboxylic acids is 1. The Labute approximate surface area is 228 Å². The summed E-state index contributed by atoms with van der Waals surface area (Å²) in [5.74, 6) is -0.295. The van der Waals surface area contributed by atoms with E-state index in [-0.39, 0.29) is 36.0 Å². The number of carbonyl (C=O) groups is 2. The Morgan fingerprint density at radius 1 is 1.05 bits per heavy atom. The van der Waals surface area contributed by atoms with Crippen LogP contribution in [0.5, 0.6) is 0 Å². The van der Waals surface area contributed by atoms with Gasteiger partial charge in [0.05, 0.1) is 11.0 Å². The predicted molar refractivity (Wildman–Crippen MR) is 147 cm³/mol. The number of aliphatic carboxylic acids is 1. The van der Waals surface area contributed by atoms with E-state index in [1.807, 2.05) is 34.9 Å². The lowest BCUT2D eigenvalue weighted by Crippen LogP contribution is -2.44. The second-order valence-corrected chi connectivity index (χ2v) is 11.2. The molecule has 7 nitrogen and oxygen atoms in total. The monoisotopic (exact) mass is 535 g/mol. The van der Waals surface area contributed by atoms with Crippen molar-refractivity contribution in [3.05, 3.63) is 65.7 Å². The highest BCUT2D eigenvalue weighted by Crippen LogP contribution is 2.39. The fourth-order valence-electron chi connectivity index (χ4n) is 6.62. The second-order valence-electron chi connectivity index (χ2n) is 11.2. The molecule has 5 rings (SSSR count). The molecule has 2 atom stereocenters. The molecular formula is C31H38FN3O4. The molecule has 2 N–H and O–H groups in total. The SMILES string of the molecule is COC(c1ccccc1)c1nc2cc(F)ccc2n1C(C(=O)NC1CCC(CC(=O)O)CC1)C1CCCCC1. The van der Waals surface area contributed by atoms with E-state index in [2.05, 4.69) is 5.32 Å². The zero-order valence-electron chi connectivity index (χ0n) is 22.5. The molecule has 1 heterocycles. The molecule has 1 amide bonds. The van der Waals surface area contributed by atoms with Crippen LogP contribution in [-0.2, 0) is 14.3 Å². The Bertz CT molecular complexity index is 1280. The van der Waals surface area contributed by atoms with E-state index >= 15 is 0 Å². The molecule has 0 bridgehead atoms. The molecule has 0 saturated heterocycles. The molecule has 2 fully saturated rings. The number of carboxylic acid groups (broad SMARTS) is 1. The molecule has 208 valence electrons. The first-order valence-corrected chi connectivity index (χ1v) is 14.2. The number of methoxy groups -OCH3 is 1. The quantitative estimate of drug-likeness (QED) is 0.341. The molecule has 0 aliphatic heterocycles. The smallest absolute Gasteiger partial charge is 0.303 e. The molecule has 2 saturated carbocycles. The van der Waals surface area contributed by atoms with Gasteiger partial charge in [-0.15, -0.1) is 0 Å². The third-order valence-corrected chi connectivity index (χ3v) is 8.55. The minimum atomic E-state index is -0.762. The van der Waals surface area contributed by atoms with Crippen LogP contribution in [0.25, 0.3) is 11.0 Å². The number of ether oxygens (including phenoxy) is 1. The first kappa shape index (κ1) is 27.3. The molecule has 0 spiro atoms. The Morgan fingerprint density at radius 3 is 2.44 bits per heavy atom. The van der Waals surface area contributed by atoms with Crippen molar-refractivity contribution in [3.63, 3.8) is 0 Å². The van der Waals surface area contributed by atoms with Crippen LogP contribution in [0.15, 0.2) is 48.5 Å². The van der Waals surface area contributed by atoms with E-state index in [0.717, 1.165) is 68.9 Å². The van der Waals surface area contributed by atoms with Crippen LogP contribution < -0.4 is 5.32 Å². The molecule has 8 heteroatoms. The van der Waals surface area contributed by atoms with Gasteiger partial charge in [0.2, 0.25) is 5.91 Å². The van der Waals surface area contributed by atoms with Gasteiger partial charge in [0.25, 0.3) is 0 Å². The Hall–Kier alpha value is -3.26. The maximum atomic E-state index is 14.3. The highest BCUT2D eigenvalue weighted by molar-refractivity contribution is 5.85. The summed E-state index contributed by atoms with van der Waals surface area (Å²) in [6.07, 6.45) is 7.97. The molecule has 2 aromatic carbocycles. The van der Waals surface area contributed by atoms with Gasteiger partial charge in [0.1, 0.15) is 23.8 Å². The topological polar surface area (TPSA) is 93.5 Å². The zero-order chi connectivity index (χ0) is 27.4. The average molecular weight is 536 g/mol. The summed E-state index contributed by atoms with van der Waals surface area (Å²) in [6, 6.07) is 13.9. The lowest BCUT2D eigenvalue weighted by Gasteiger charge is -2.35. The summed E-state index contributed by atoms with van der Waals surface area (Å²) in [4.78, 5) is 30.2. The van der Waals surface area contributed by atoms with Gasteiger partial charge in [-0.25, -0.2) is 9.37 Å². The lowest BCUT2D eigenvalue weighted by molar-refractivity contribution is -0.138. The van der Waals surface area contributed by atoms with E-state index in [1.165, 1.54) is 12.1 Å². The molecule has 39 heavy (non-hydrogen) atoms.